The Morgan fingerprint density at radius 3 is 2.90 bits per heavy atom. The summed E-state index contributed by atoms with van der Waals surface area (Å²) in [5.74, 6) is -1.73. The zero-order valence-electron chi connectivity index (χ0n) is 11.1. The van der Waals surface area contributed by atoms with Gasteiger partial charge in [-0.2, -0.15) is 0 Å². The average Bonchev–Trinajstić information content (AvgIpc) is 2.90. The topological polar surface area (TPSA) is 40.5 Å². The quantitative estimate of drug-likeness (QED) is 0.926. The number of aliphatic carboxylic acids is 1. The highest BCUT2D eigenvalue weighted by atomic mass is 19.1. The Hall–Kier alpha value is -1.49. The molecule has 1 saturated heterocycles. The molecule has 2 fully saturated rings. The van der Waals surface area contributed by atoms with E-state index in [9.17, 15) is 18.7 Å². The molecule has 1 saturated carbocycles. The fourth-order valence-electron chi connectivity index (χ4n) is 3.75. The van der Waals surface area contributed by atoms with Crippen LogP contribution in [0.25, 0.3) is 0 Å². The standard InChI is InChI=1S/C15H17F2NO2/c16-12-4-3-10(13(17)6-12)7-18-8-11-2-1-5-15(11,9-18)14(19)20/h3-4,6,11H,1-2,5,7-9H2,(H,19,20)/t11-,15+/m0/s1. The zero-order valence-corrected chi connectivity index (χ0v) is 11.1. The lowest BCUT2D eigenvalue weighted by atomic mass is 9.81. The first-order valence-corrected chi connectivity index (χ1v) is 6.91. The summed E-state index contributed by atoms with van der Waals surface area (Å²) in [5, 5.41) is 9.50. The molecule has 1 aliphatic heterocycles. The minimum absolute atomic E-state index is 0.156. The van der Waals surface area contributed by atoms with E-state index in [1.54, 1.807) is 0 Å². The number of carbonyl (C=O) groups is 1. The first-order valence-electron chi connectivity index (χ1n) is 6.91. The van der Waals surface area contributed by atoms with Crippen LogP contribution >= 0.6 is 0 Å². The maximum atomic E-state index is 13.7. The highest BCUT2D eigenvalue weighted by Crippen LogP contribution is 2.49. The SMILES string of the molecule is O=C(O)[C@@]12CCC[C@H]1CN(Cc1ccc(F)cc1F)C2. The molecule has 1 aromatic rings. The number of likely N-dealkylation sites (tertiary alicyclic amines) is 1. The van der Waals surface area contributed by atoms with Crippen LogP contribution in [0.5, 0.6) is 0 Å². The first kappa shape index (κ1) is 13.5. The van der Waals surface area contributed by atoms with Gasteiger partial charge in [0.05, 0.1) is 5.41 Å². The maximum Gasteiger partial charge on any atom is 0.311 e. The predicted octanol–water partition coefficient (Wildman–Crippen LogP) is 2.65. The fourth-order valence-corrected chi connectivity index (χ4v) is 3.75. The van der Waals surface area contributed by atoms with Crippen LogP contribution in [-0.2, 0) is 11.3 Å². The molecule has 1 N–H and O–H groups in total. The summed E-state index contributed by atoms with van der Waals surface area (Å²) in [7, 11) is 0. The van der Waals surface area contributed by atoms with E-state index in [2.05, 4.69) is 0 Å². The summed E-state index contributed by atoms with van der Waals surface area (Å²) < 4.78 is 26.5. The van der Waals surface area contributed by atoms with Crippen LogP contribution in [0.3, 0.4) is 0 Å². The second kappa shape index (κ2) is 4.81. The molecule has 2 atom stereocenters. The summed E-state index contributed by atoms with van der Waals surface area (Å²) in [6.45, 7) is 1.49. The molecule has 5 heteroatoms. The van der Waals surface area contributed by atoms with Crippen LogP contribution in [0.15, 0.2) is 18.2 Å². The second-order valence-electron chi connectivity index (χ2n) is 5.96. The van der Waals surface area contributed by atoms with E-state index in [-0.39, 0.29) is 5.92 Å². The van der Waals surface area contributed by atoms with Crippen molar-refractivity contribution in [2.45, 2.75) is 25.8 Å². The van der Waals surface area contributed by atoms with Gasteiger partial charge in [0.1, 0.15) is 11.6 Å². The molecule has 3 rings (SSSR count). The van der Waals surface area contributed by atoms with E-state index in [1.807, 2.05) is 4.90 Å². The van der Waals surface area contributed by atoms with Gasteiger partial charge in [-0.25, -0.2) is 8.78 Å². The number of nitrogens with zero attached hydrogens (tertiary/aromatic N) is 1. The molecule has 3 nitrogen and oxygen atoms in total. The Bertz CT molecular complexity index is 549. The summed E-state index contributed by atoms with van der Waals surface area (Å²) >= 11 is 0. The normalized spacial score (nSPS) is 29.6. The predicted molar refractivity (Wildman–Crippen MR) is 69.0 cm³/mol. The summed E-state index contributed by atoms with van der Waals surface area (Å²) in [4.78, 5) is 13.5. The third-order valence-electron chi connectivity index (χ3n) is 4.78. The van der Waals surface area contributed by atoms with Crippen LogP contribution in [0.4, 0.5) is 8.78 Å². The Morgan fingerprint density at radius 2 is 2.25 bits per heavy atom. The van der Waals surface area contributed by atoms with Gasteiger partial charge in [-0.15, -0.1) is 0 Å². The molecule has 1 aliphatic carbocycles. The number of hydrogen-bond donors (Lipinski definition) is 1. The number of hydrogen-bond acceptors (Lipinski definition) is 2. The van der Waals surface area contributed by atoms with Gasteiger partial charge in [0.25, 0.3) is 0 Å². The van der Waals surface area contributed by atoms with Gasteiger partial charge < -0.3 is 5.11 Å². The third kappa shape index (κ3) is 2.10. The number of benzene rings is 1. The lowest BCUT2D eigenvalue weighted by molar-refractivity contribution is -0.149. The molecule has 0 amide bonds. The Balaban J connectivity index is 1.76. The van der Waals surface area contributed by atoms with Gasteiger partial charge in [-0.05, 0) is 24.8 Å². The fraction of sp³-hybridized carbons (Fsp3) is 0.533. The Morgan fingerprint density at radius 1 is 1.45 bits per heavy atom. The van der Waals surface area contributed by atoms with Gasteiger partial charge in [0, 0.05) is 31.3 Å². The highest BCUT2D eigenvalue weighted by molar-refractivity contribution is 5.76. The monoisotopic (exact) mass is 281 g/mol. The van der Waals surface area contributed by atoms with E-state index in [0.29, 0.717) is 31.6 Å². The van der Waals surface area contributed by atoms with E-state index < -0.39 is 23.0 Å². The van der Waals surface area contributed by atoms with Crippen LogP contribution in [0, 0.1) is 23.0 Å². The average molecular weight is 281 g/mol. The summed E-state index contributed by atoms with van der Waals surface area (Å²) in [6.07, 6.45) is 2.58. The van der Waals surface area contributed by atoms with Crippen molar-refractivity contribution in [2.75, 3.05) is 13.1 Å². The van der Waals surface area contributed by atoms with Crippen molar-refractivity contribution < 1.29 is 18.7 Å². The van der Waals surface area contributed by atoms with Crippen LogP contribution in [0.2, 0.25) is 0 Å². The number of fused-ring (bicyclic) bond motifs is 1. The maximum absolute atomic E-state index is 13.7. The van der Waals surface area contributed by atoms with E-state index in [4.69, 9.17) is 0 Å². The van der Waals surface area contributed by atoms with Crippen LogP contribution < -0.4 is 0 Å². The first-order chi connectivity index (χ1) is 9.51. The molecule has 1 aromatic carbocycles. The number of carboxylic acid groups (broad SMARTS) is 1. The van der Waals surface area contributed by atoms with Gasteiger partial charge >= 0.3 is 5.97 Å². The molecular weight excluding hydrogens is 264 g/mol. The van der Waals surface area contributed by atoms with Crippen molar-refractivity contribution in [1.82, 2.24) is 4.90 Å². The van der Waals surface area contributed by atoms with E-state index in [1.165, 1.54) is 12.1 Å². The molecule has 0 spiro atoms. The van der Waals surface area contributed by atoms with E-state index in [0.717, 1.165) is 18.9 Å². The summed E-state index contributed by atoms with van der Waals surface area (Å²) in [6, 6.07) is 3.55. The molecule has 2 aliphatic rings. The highest BCUT2D eigenvalue weighted by Gasteiger charge is 2.54. The van der Waals surface area contributed by atoms with Crippen molar-refractivity contribution in [3.8, 4) is 0 Å². The van der Waals surface area contributed by atoms with Crippen molar-refractivity contribution in [3.63, 3.8) is 0 Å². The minimum atomic E-state index is -0.734. The number of rotatable bonds is 3. The smallest absolute Gasteiger partial charge is 0.311 e. The molecule has 20 heavy (non-hydrogen) atoms. The van der Waals surface area contributed by atoms with Crippen molar-refractivity contribution >= 4 is 5.97 Å². The van der Waals surface area contributed by atoms with Crippen LogP contribution in [-0.4, -0.2) is 29.1 Å². The van der Waals surface area contributed by atoms with E-state index >= 15 is 0 Å². The van der Waals surface area contributed by atoms with Crippen LogP contribution in [0.1, 0.15) is 24.8 Å². The van der Waals surface area contributed by atoms with Gasteiger partial charge in [-0.1, -0.05) is 12.5 Å². The Kier molecular flexibility index (Phi) is 3.24. The lowest BCUT2D eigenvalue weighted by Crippen LogP contribution is -2.35. The molecule has 0 bridgehead atoms. The van der Waals surface area contributed by atoms with Gasteiger partial charge in [-0.3, -0.25) is 9.69 Å². The third-order valence-corrected chi connectivity index (χ3v) is 4.78. The number of carboxylic acids is 1. The Labute approximate surface area is 116 Å². The van der Waals surface area contributed by atoms with Crippen molar-refractivity contribution in [1.29, 1.82) is 0 Å². The van der Waals surface area contributed by atoms with Crippen molar-refractivity contribution in [2.24, 2.45) is 11.3 Å². The molecular formula is C15H17F2NO2. The second-order valence-corrected chi connectivity index (χ2v) is 5.96. The lowest BCUT2D eigenvalue weighted by Gasteiger charge is -2.23. The molecule has 108 valence electrons. The summed E-state index contributed by atoms with van der Waals surface area (Å²) in [5.41, 5.74) is -0.233. The zero-order chi connectivity index (χ0) is 14.3. The van der Waals surface area contributed by atoms with Gasteiger partial charge in [0.2, 0.25) is 0 Å². The minimum Gasteiger partial charge on any atom is -0.481 e. The molecule has 0 radical (unpaired) electrons. The van der Waals surface area contributed by atoms with Gasteiger partial charge in [0.15, 0.2) is 0 Å². The molecule has 1 heterocycles. The molecule has 0 aromatic heterocycles. The molecule has 0 unspecified atom stereocenters. The number of halogens is 2. The largest absolute Gasteiger partial charge is 0.481 e. The van der Waals surface area contributed by atoms with Crippen molar-refractivity contribution in [3.05, 3.63) is 35.4 Å².